The summed E-state index contributed by atoms with van der Waals surface area (Å²) >= 11 is 1.34. The van der Waals surface area contributed by atoms with Crippen LogP contribution in [-0.2, 0) is 4.79 Å². The molecule has 0 saturated carbocycles. The van der Waals surface area contributed by atoms with Crippen LogP contribution in [0.1, 0.15) is 18.5 Å². The minimum absolute atomic E-state index is 0.0602. The standard InChI is InChI=1S/C22H20N4O2S/c1-16(17-9-4-2-5-10-17)23-20(27)15-29-22-25-24-21(19-13-8-14-28-19)26(22)18-11-6-3-7-12-18/h2-14,16H,15H2,1H3,(H,23,27)/t16-/m1/s1. The maximum absolute atomic E-state index is 12.5. The monoisotopic (exact) mass is 404 g/mol. The normalized spacial score (nSPS) is 11.9. The van der Waals surface area contributed by atoms with E-state index < -0.39 is 0 Å². The first kappa shape index (κ1) is 19.0. The highest BCUT2D eigenvalue weighted by Gasteiger charge is 2.19. The summed E-state index contributed by atoms with van der Waals surface area (Å²) in [6, 6.07) is 23.3. The number of benzene rings is 2. The van der Waals surface area contributed by atoms with Crippen molar-refractivity contribution in [3.05, 3.63) is 84.6 Å². The van der Waals surface area contributed by atoms with Gasteiger partial charge in [-0.3, -0.25) is 9.36 Å². The number of hydrogen-bond donors (Lipinski definition) is 1. The molecule has 6 nitrogen and oxygen atoms in total. The lowest BCUT2D eigenvalue weighted by Gasteiger charge is -2.14. The van der Waals surface area contributed by atoms with Crippen LogP contribution < -0.4 is 5.32 Å². The molecule has 0 spiro atoms. The lowest BCUT2D eigenvalue weighted by Crippen LogP contribution is -2.28. The largest absolute Gasteiger partial charge is 0.461 e. The summed E-state index contributed by atoms with van der Waals surface area (Å²) in [5.74, 6) is 1.39. The Labute approximate surface area is 173 Å². The summed E-state index contributed by atoms with van der Waals surface area (Å²) in [6.07, 6.45) is 1.60. The third kappa shape index (κ3) is 4.41. The second kappa shape index (κ2) is 8.79. The highest BCUT2D eigenvalue weighted by atomic mass is 32.2. The van der Waals surface area contributed by atoms with Gasteiger partial charge in [-0.1, -0.05) is 60.3 Å². The van der Waals surface area contributed by atoms with E-state index in [-0.39, 0.29) is 17.7 Å². The average Bonchev–Trinajstić information content (AvgIpc) is 3.43. The van der Waals surface area contributed by atoms with E-state index in [2.05, 4.69) is 15.5 Å². The third-order valence-electron chi connectivity index (χ3n) is 4.40. The molecule has 0 bridgehead atoms. The van der Waals surface area contributed by atoms with Gasteiger partial charge in [0.05, 0.1) is 18.1 Å². The predicted molar refractivity (Wildman–Crippen MR) is 113 cm³/mol. The van der Waals surface area contributed by atoms with Gasteiger partial charge in [0.1, 0.15) is 0 Å². The van der Waals surface area contributed by atoms with Gasteiger partial charge in [0.15, 0.2) is 10.9 Å². The van der Waals surface area contributed by atoms with Gasteiger partial charge in [-0.25, -0.2) is 0 Å². The second-order valence-electron chi connectivity index (χ2n) is 6.44. The Balaban J connectivity index is 1.51. The topological polar surface area (TPSA) is 73.0 Å². The molecule has 1 atom stereocenters. The molecule has 0 unspecified atom stereocenters. The number of furan rings is 1. The van der Waals surface area contributed by atoms with Crippen LogP contribution in [0.15, 0.2) is 88.6 Å². The molecule has 2 aromatic heterocycles. The molecule has 1 N–H and O–H groups in total. The van der Waals surface area contributed by atoms with Crippen LogP contribution >= 0.6 is 11.8 Å². The molecule has 7 heteroatoms. The van der Waals surface area contributed by atoms with E-state index in [4.69, 9.17) is 4.42 Å². The van der Waals surface area contributed by atoms with Crippen LogP contribution in [0.3, 0.4) is 0 Å². The summed E-state index contributed by atoms with van der Waals surface area (Å²) in [6.45, 7) is 1.97. The predicted octanol–water partition coefficient (Wildman–Crippen LogP) is 4.50. The molecular formula is C22H20N4O2S. The molecule has 0 saturated heterocycles. The molecule has 0 aliphatic carbocycles. The van der Waals surface area contributed by atoms with E-state index in [0.717, 1.165) is 11.3 Å². The molecule has 2 aromatic carbocycles. The molecule has 4 rings (SSSR count). The first-order chi connectivity index (χ1) is 14.2. The Bertz CT molecular complexity index is 1060. The molecule has 1 amide bonds. The molecule has 0 fully saturated rings. The molecular weight excluding hydrogens is 384 g/mol. The first-order valence-corrected chi connectivity index (χ1v) is 10.2. The van der Waals surface area contributed by atoms with Crippen LogP contribution in [0, 0.1) is 0 Å². The van der Waals surface area contributed by atoms with Crippen molar-refractivity contribution in [1.29, 1.82) is 0 Å². The average molecular weight is 404 g/mol. The first-order valence-electron chi connectivity index (χ1n) is 9.24. The Morgan fingerprint density at radius 3 is 2.45 bits per heavy atom. The summed E-state index contributed by atoms with van der Waals surface area (Å²) in [5.41, 5.74) is 1.97. The Morgan fingerprint density at radius 1 is 1.03 bits per heavy atom. The van der Waals surface area contributed by atoms with Crippen molar-refractivity contribution < 1.29 is 9.21 Å². The van der Waals surface area contributed by atoms with Crippen LogP contribution in [0.4, 0.5) is 0 Å². The van der Waals surface area contributed by atoms with Crippen molar-refractivity contribution >= 4 is 17.7 Å². The minimum Gasteiger partial charge on any atom is -0.461 e. The van der Waals surface area contributed by atoms with E-state index in [1.54, 1.807) is 6.26 Å². The Hall–Kier alpha value is -3.32. The maximum atomic E-state index is 12.5. The number of aromatic nitrogens is 3. The Morgan fingerprint density at radius 2 is 1.76 bits per heavy atom. The summed E-state index contributed by atoms with van der Waals surface area (Å²) in [7, 11) is 0. The highest BCUT2D eigenvalue weighted by molar-refractivity contribution is 7.99. The third-order valence-corrected chi connectivity index (χ3v) is 5.33. The smallest absolute Gasteiger partial charge is 0.230 e. The van der Waals surface area contributed by atoms with Crippen LogP contribution in [0.2, 0.25) is 0 Å². The van der Waals surface area contributed by atoms with Gasteiger partial charge in [0.2, 0.25) is 11.7 Å². The molecule has 146 valence electrons. The Kier molecular flexibility index (Phi) is 5.76. The van der Waals surface area contributed by atoms with Gasteiger partial charge in [0, 0.05) is 5.69 Å². The number of carbonyl (C=O) groups excluding carboxylic acids is 1. The van der Waals surface area contributed by atoms with Gasteiger partial charge in [-0.15, -0.1) is 10.2 Å². The molecule has 4 aromatic rings. The van der Waals surface area contributed by atoms with Gasteiger partial charge in [-0.05, 0) is 36.8 Å². The quantitative estimate of drug-likeness (QED) is 0.459. The number of nitrogens with zero attached hydrogens (tertiary/aromatic N) is 3. The van der Waals surface area contributed by atoms with Gasteiger partial charge >= 0.3 is 0 Å². The van der Waals surface area contributed by atoms with Crippen LogP contribution in [0.25, 0.3) is 17.3 Å². The van der Waals surface area contributed by atoms with Crippen molar-refractivity contribution in [2.75, 3.05) is 5.75 Å². The molecule has 0 aliphatic rings. The second-order valence-corrected chi connectivity index (χ2v) is 7.39. The molecule has 0 aliphatic heterocycles. The fourth-order valence-electron chi connectivity index (χ4n) is 2.98. The van der Waals surface area contributed by atoms with Gasteiger partial charge in [-0.2, -0.15) is 0 Å². The summed E-state index contributed by atoms with van der Waals surface area (Å²) in [5, 5.41) is 12.2. The van der Waals surface area contributed by atoms with E-state index in [1.807, 2.05) is 84.3 Å². The van der Waals surface area contributed by atoms with E-state index in [1.165, 1.54) is 11.8 Å². The summed E-state index contributed by atoms with van der Waals surface area (Å²) < 4.78 is 7.41. The van der Waals surface area contributed by atoms with E-state index in [9.17, 15) is 4.79 Å². The van der Waals surface area contributed by atoms with Crippen molar-refractivity contribution in [1.82, 2.24) is 20.1 Å². The maximum Gasteiger partial charge on any atom is 0.230 e. The van der Waals surface area contributed by atoms with Crippen LogP contribution in [0.5, 0.6) is 0 Å². The fourth-order valence-corrected chi connectivity index (χ4v) is 3.74. The minimum atomic E-state index is -0.0616. The number of amides is 1. The number of para-hydroxylation sites is 1. The number of hydrogen-bond acceptors (Lipinski definition) is 5. The van der Waals surface area contributed by atoms with Crippen molar-refractivity contribution in [2.45, 2.75) is 18.1 Å². The number of rotatable bonds is 7. The van der Waals surface area contributed by atoms with Crippen LogP contribution in [-0.4, -0.2) is 26.4 Å². The lowest BCUT2D eigenvalue weighted by molar-refractivity contribution is -0.119. The molecule has 2 heterocycles. The van der Waals surface area contributed by atoms with E-state index >= 15 is 0 Å². The zero-order chi connectivity index (χ0) is 20.1. The zero-order valence-corrected chi connectivity index (χ0v) is 16.7. The van der Waals surface area contributed by atoms with Crippen molar-refractivity contribution in [3.8, 4) is 17.3 Å². The van der Waals surface area contributed by atoms with Gasteiger partial charge < -0.3 is 9.73 Å². The number of thioether (sulfide) groups is 1. The molecule has 0 radical (unpaired) electrons. The van der Waals surface area contributed by atoms with Gasteiger partial charge in [0.25, 0.3) is 0 Å². The number of carbonyl (C=O) groups is 1. The summed E-state index contributed by atoms with van der Waals surface area (Å²) in [4.78, 5) is 12.5. The highest BCUT2D eigenvalue weighted by Crippen LogP contribution is 2.28. The molecule has 29 heavy (non-hydrogen) atoms. The fraction of sp³-hybridized carbons (Fsp3) is 0.136. The van der Waals surface area contributed by atoms with E-state index in [0.29, 0.717) is 16.7 Å². The SMILES string of the molecule is C[C@@H](NC(=O)CSc1nnc(-c2ccco2)n1-c1ccccc1)c1ccccc1. The van der Waals surface area contributed by atoms with Crippen molar-refractivity contribution in [3.63, 3.8) is 0 Å². The number of nitrogens with one attached hydrogen (secondary N) is 1. The lowest BCUT2D eigenvalue weighted by atomic mass is 10.1. The van der Waals surface area contributed by atoms with Crippen molar-refractivity contribution in [2.24, 2.45) is 0 Å². The zero-order valence-electron chi connectivity index (χ0n) is 15.9.